The first-order valence-corrected chi connectivity index (χ1v) is 7.23. The third kappa shape index (κ3) is 3.15. The van der Waals surface area contributed by atoms with Crippen LogP contribution >= 0.6 is 0 Å². The minimum absolute atomic E-state index is 0.265. The van der Waals surface area contributed by atoms with Gasteiger partial charge in [-0.2, -0.15) is 0 Å². The summed E-state index contributed by atoms with van der Waals surface area (Å²) in [6.45, 7) is 5.90. The van der Waals surface area contributed by atoms with Gasteiger partial charge in [0.1, 0.15) is 11.4 Å². The van der Waals surface area contributed by atoms with E-state index in [0.717, 1.165) is 28.7 Å². The van der Waals surface area contributed by atoms with Crippen LogP contribution in [0.15, 0.2) is 30.3 Å². The third-order valence-electron chi connectivity index (χ3n) is 3.69. The lowest BCUT2D eigenvalue weighted by Gasteiger charge is -2.29. The van der Waals surface area contributed by atoms with Gasteiger partial charge in [0.05, 0.1) is 12.6 Å². The number of benzene rings is 1. The first-order valence-electron chi connectivity index (χ1n) is 7.23. The molecule has 0 saturated heterocycles. The Bertz CT molecular complexity index is 654. The molecular formula is C17H22N2O2. The molecule has 4 heteroatoms. The van der Waals surface area contributed by atoms with Gasteiger partial charge in [0.25, 0.3) is 0 Å². The first-order chi connectivity index (χ1) is 10.00. The largest absolute Gasteiger partial charge is 0.467 e. The number of esters is 1. The van der Waals surface area contributed by atoms with Crippen LogP contribution in [0.4, 0.5) is 5.82 Å². The number of fused-ring (bicyclic) bond motifs is 1. The standard InChI is InChI=1S/C17H22N2O2/c1-5-10-17(3,16(20)21-4)19-15-12(2)11-13-8-6-7-9-14(13)18-15/h6-9,11H,5,10H2,1-4H3,(H,18,19). The molecule has 0 saturated carbocycles. The van der Waals surface area contributed by atoms with Gasteiger partial charge in [-0.05, 0) is 38.0 Å². The van der Waals surface area contributed by atoms with E-state index in [1.807, 2.05) is 45.0 Å². The maximum absolute atomic E-state index is 12.1. The summed E-state index contributed by atoms with van der Waals surface area (Å²) in [4.78, 5) is 16.7. The van der Waals surface area contributed by atoms with Crippen molar-refractivity contribution in [3.63, 3.8) is 0 Å². The van der Waals surface area contributed by atoms with Crippen molar-refractivity contribution in [2.75, 3.05) is 12.4 Å². The van der Waals surface area contributed by atoms with Crippen molar-refractivity contribution in [1.82, 2.24) is 4.98 Å². The summed E-state index contributed by atoms with van der Waals surface area (Å²) in [5, 5.41) is 4.38. The van der Waals surface area contributed by atoms with Crippen LogP contribution in [-0.2, 0) is 9.53 Å². The Morgan fingerprint density at radius 3 is 2.76 bits per heavy atom. The summed E-state index contributed by atoms with van der Waals surface area (Å²) >= 11 is 0. The van der Waals surface area contributed by atoms with Crippen LogP contribution in [0.2, 0.25) is 0 Å². The van der Waals surface area contributed by atoms with Crippen LogP contribution in [0.1, 0.15) is 32.3 Å². The highest BCUT2D eigenvalue weighted by atomic mass is 16.5. The summed E-state index contributed by atoms with van der Waals surface area (Å²) in [5.41, 5.74) is 1.17. The normalized spacial score (nSPS) is 13.7. The van der Waals surface area contributed by atoms with Crippen molar-refractivity contribution in [3.8, 4) is 0 Å². The van der Waals surface area contributed by atoms with E-state index >= 15 is 0 Å². The lowest BCUT2D eigenvalue weighted by molar-refractivity contribution is -0.145. The molecule has 4 nitrogen and oxygen atoms in total. The van der Waals surface area contributed by atoms with E-state index in [4.69, 9.17) is 4.74 Å². The van der Waals surface area contributed by atoms with E-state index in [2.05, 4.69) is 16.4 Å². The maximum Gasteiger partial charge on any atom is 0.331 e. The Morgan fingerprint density at radius 1 is 1.38 bits per heavy atom. The highest BCUT2D eigenvalue weighted by Crippen LogP contribution is 2.25. The van der Waals surface area contributed by atoms with E-state index < -0.39 is 5.54 Å². The quantitative estimate of drug-likeness (QED) is 0.852. The van der Waals surface area contributed by atoms with E-state index in [1.165, 1.54) is 7.11 Å². The lowest BCUT2D eigenvalue weighted by atomic mass is 9.96. The fourth-order valence-corrected chi connectivity index (χ4v) is 2.55. The van der Waals surface area contributed by atoms with Gasteiger partial charge in [0.15, 0.2) is 0 Å². The van der Waals surface area contributed by atoms with Gasteiger partial charge in [-0.3, -0.25) is 0 Å². The van der Waals surface area contributed by atoms with E-state index in [-0.39, 0.29) is 5.97 Å². The SMILES string of the molecule is CCCC(C)(Nc1nc2ccccc2cc1C)C(=O)OC. The molecule has 2 aromatic rings. The van der Waals surface area contributed by atoms with E-state index in [0.29, 0.717) is 6.42 Å². The highest BCUT2D eigenvalue weighted by Gasteiger charge is 2.34. The minimum Gasteiger partial charge on any atom is -0.467 e. The highest BCUT2D eigenvalue weighted by molar-refractivity contribution is 5.86. The van der Waals surface area contributed by atoms with Crippen molar-refractivity contribution < 1.29 is 9.53 Å². The zero-order chi connectivity index (χ0) is 15.5. The number of rotatable bonds is 5. The fraction of sp³-hybridized carbons (Fsp3) is 0.412. The van der Waals surface area contributed by atoms with Gasteiger partial charge in [0.2, 0.25) is 0 Å². The molecular weight excluding hydrogens is 264 g/mol. The number of para-hydroxylation sites is 1. The van der Waals surface area contributed by atoms with E-state index in [9.17, 15) is 4.79 Å². The Hall–Kier alpha value is -2.10. The molecule has 0 spiro atoms. The number of aryl methyl sites for hydroxylation is 1. The van der Waals surface area contributed by atoms with Crippen molar-refractivity contribution in [1.29, 1.82) is 0 Å². The minimum atomic E-state index is -0.760. The Labute approximate surface area is 125 Å². The Kier molecular flexibility index (Phi) is 4.46. The molecule has 2 rings (SSSR count). The van der Waals surface area contributed by atoms with Crippen LogP contribution < -0.4 is 5.32 Å². The molecule has 0 aliphatic heterocycles. The number of pyridine rings is 1. The summed E-state index contributed by atoms with van der Waals surface area (Å²) in [6, 6.07) is 10.0. The molecule has 0 amide bonds. The number of hydrogen-bond acceptors (Lipinski definition) is 4. The predicted molar refractivity (Wildman–Crippen MR) is 85.4 cm³/mol. The fourth-order valence-electron chi connectivity index (χ4n) is 2.55. The van der Waals surface area contributed by atoms with Crippen molar-refractivity contribution in [2.24, 2.45) is 0 Å². The summed E-state index contributed by atoms with van der Waals surface area (Å²) < 4.78 is 4.94. The zero-order valence-electron chi connectivity index (χ0n) is 13.1. The van der Waals surface area contributed by atoms with Gasteiger partial charge in [0, 0.05) is 5.39 Å². The molecule has 0 aliphatic carbocycles. The molecule has 0 bridgehead atoms. The van der Waals surface area contributed by atoms with Crippen molar-refractivity contribution >= 4 is 22.7 Å². The van der Waals surface area contributed by atoms with Crippen molar-refractivity contribution in [3.05, 3.63) is 35.9 Å². The number of nitrogens with one attached hydrogen (secondary N) is 1. The molecule has 1 N–H and O–H groups in total. The molecule has 1 aromatic heterocycles. The second-order valence-corrected chi connectivity index (χ2v) is 5.55. The zero-order valence-corrected chi connectivity index (χ0v) is 13.1. The number of aromatic nitrogens is 1. The number of carbonyl (C=O) groups excluding carboxylic acids is 1. The van der Waals surface area contributed by atoms with Gasteiger partial charge in [-0.1, -0.05) is 31.5 Å². The van der Waals surface area contributed by atoms with Gasteiger partial charge >= 0.3 is 5.97 Å². The van der Waals surface area contributed by atoms with Crippen LogP contribution in [0, 0.1) is 6.92 Å². The van der Waals surface area contributed by atoms with Gasteiger partial charge in [-0.25, -0.2) is 9.78 Å². The third-order valence-corrected chi connectivity index (χ3v) is 3.69. The number of anilines is 1. The van der Waals surface area contributed by atoms with Crippen LogP contribution in [0.5, 0.6) is 0 Å². The average molecular weight is 286 g/mol. The lowest BCUT2D eigenvalue weighted by Crippen LogP contribution is -2.44. The molecule has 0 radical (unpaired) electrons. The number of carbonyl (C=O) groups is 1. The van der Waals surface area contributed by atoms with Gasteiger partial charge in [-0.15, -0.1) is 0 Å². The Morgan fingerprint density at radius 2 is 2.10 bits per heavy atom. The van der Waals surface area contributed by atoms with Gasteiger partial charge < -0.3 is 10.1 Å². The van der Waals surface area contributed by atoms with Crippen LogP contribution in [0.3, 0.4) is 0 Å². The molecule has 1 atom stereocenters. The number of methoxy groups -OCH3 is 1. The number of ether oxygens (including phenoxy) is 1. The first kappa shape index (κ1) is 15.3. The predicted octanol–water partition coefficient (Wildman–Crippen LogP) is 3.69. The summed E-state index contributed by atoms with van der Waals surface area (Å²) in [7, 11) is 1.42. The molecule has 1 unspecified atom stereocenters. The average Bonchev–Trinajstić information content (AvgIpc) is 2.47. The maximum atomic E-state index is 12.1. The van der Waals surface area contributed by atoms with Crippen LogP contribution in [-0.4, -0.2) is 23.6 Å². The molecule has 1 aromatic carbocycles. The smallest absolute Gasteiger partial charge is 0.331 e. The second-order valence-electron chi connectivity index (χ2n) is 5.55. The molecule has 0 aliphatic rings. The van der Waals surface area contributed by atoms with Crippen molar-refractivity contribution in [2.45, 2.75) is 39.2 Å². The molecule has 1 heterocycles. The Balaban J connectivity index is 2.40. The molecule has 112 valence electrons. The number of nitrogens with zero attached hydrogens (tertiary/aromatic N) is 1. The van der Waals surface area contributed by atoms with Crippen LogP contribution in [0.25, 0.3) is 10.9 Å². The summed E-state index contributed by atoms with van der Waals surface area (Å²) in [5.74, 6) is 0.466. The van der Waals surface area contributed by atoms with E-state index in [1.54, 1.807) is 0 Å². The second kappa shape index (κ2) is 6.12. The molecule has 21 heavy (non-hydrogen) atoms. The number of hydrogen-bond donors (Lipinski definition) is 1. The summed E-state index contributed by atoms with van der Waals surface area (Å²) in [6.07, 6.45) is 1.57. The molecule has 0 fully saturated rings. The monoisotopic (exact) mass is 286 g/mol. The topological polar surface area (TPSA) is 51.2 Å².